The number of urea groups is 1. The van der Waals surface area contributed by atoms with E-state index in [0.29, 0.717) is 10.6 Å². The SMILES string of the molecule is COc1ccc(N2C(=O)NC(NC(=O)c3ccc(Cl)cc3)(C(F)(F)F)C2=O)cc1. The highest BCUT2D eigenvalue weighted by atomic mass is 35.5. The lowest BCUT2D eigenvalue weighted by Crippen LogP contribution is -2.69. The van der Waals surface area contributed by atoms with Gasteiger partial charge in [-0.3, -0.25) is 14.9 Å². The van der Waals surface area contributed by atoms with Crippen molar-refractivity contribution in [3.8, 4) is 5.75 Å². The number of amides is 4. The Hall–Kier alpha value is -3.27. The number of carbonyl (C=O) groups is 3. The van der Waals surface area contributed by atoms with Crippen LogP contribution in [0.2, 0.25) is 5.02 Å². The van der Waals surface area contributed by atoms with Gasteiger partial charge in [-0.05, 0) is 48.5 Å². The summed E-state index contributed by atoms with van der Waals surface area (Å²) >= 11 is 5.70. The quantitative estimate of drug-likeness (QED) is 0.734. The van der Waals surface area contributed by atoms with E-state index in [2.05, 4.69) is 0 Å². The van der Waals surface area contributed by atoms with Crippen LogP contribution in [-0.4, -0.2) is 36.8 Å². The van der Waals surface area contributed by atoms with Gasteiger partial charge in [-0.25, -0.2) is 9.69 Å². The second kappa shape index (κ2) is 7.28. The molecule has 0 aliphatic carbocycles. The van der Waals surface area contributed by atoms with Crippen LogP contribution in [0.15, 0.2) is 48.5 Å². The molecule has 2 N–H and O–H groups in total. The average Bonchev–Trinajstić information content (AvgIpc) is 2.93. The Labute approximate surface area is 167 Å². The molecule has 152 valence electrons. The molecule has 3 rings (SSSR count). The van der Waals surface area contributed by atoms with Crippen molar-refractivity contribution in [2.45, 2.75) is 11.8 Å². The number of imide groups is 1. The maximum Gasteiger partial charge on any atom is 0.440 e. The highest BCUT2D eigenvalue weighted by molar-refractivity contribution is 6.30. The van der Waals surface area contributed by atoms with E-state index < -0.39 is 29.7 Å². The molecular weight excluding hydrogens is 415 g/mol. The Morgan fingerprint density at radius 1 is 1.10 bits per heavy atom. The van der Waals surface area contributed by atoms with E-state index in [9.17, 15) is 27.6 Å². The van der Waals surface area contributed by atoms with Crippen LogP contribution in [0.3, 0.4) is 0 Å². The minimum Gasteiger partial charge on any atom is -0.497 e. The van der Waals surface area contributed by atoms with Gasteiger partial charge in [0.2, 0.25) is 0 Å². The zero-order valence-corrected chi connectivity index (χ0v) is 15.5. The standard InChI is InChI=1S/C18H13ClF3N3O4/c1-29-13-8-6-12(7-9-13)25-15(27)17(18(20,21)22,24-16(25)28)23-14(26)10-2-4-11(19)5-3-10/h2-9H,1H3,(H,23,26)(H,24,28). The molecule has 1 aliphatic heterocycles. The third kappa shape index (κ3) is 3.58. The van der Waals surface area contributed by atoms with Crippen LogP contribution in [0.5, 0.6) is 5.75 Å². The molecule has 11 heteroatoms. The molecule has 1 fully saturated rings. The highest BCUT2D eigenvalue weighted by Gasteiger charge is 2.69. The normalized spacial score (nSPS) is 19.1. The molecule has 2 aromatic carbocycles. The number of methoxy groups -OCH3 is 1. The molecule has 0 aromatic heterocycles. The minimum atomic E-state index is -5.32. The summed E-state index contributed by atoms with van der Waals surface area (Å²) in [5.74, 6) is -2.54. The number of ether oxygens (including phenoxy) is 1. The summed E-state index contributed by atoms with van der Waals surface area (Å²) in [6.07, 6.45) is -5.32. The number of hydrogen-bond acceptors (Lipinski definition) is 4. The fourth-order valence-corrected chi connectivity index (χ4v) is 2.81. The molecule has 1 saturated heterocycles. The maximum atomic E-state index is 13.9. The fraction of sp³-hybridized carbons (Fsp3) is 0.167. The van der Waals surface area contributed by atoms with Gasteiger partial charge in [0.05, 0.1) is 12.8 Å². The molecule has 0 spiro atoms. The predicted octanol–water partition coefficient (Wildman–Crippen LogP) is 3.09. The van der Waals surface area contributed by atoms with Gasteiger partial charge in [-0.1, -0.05) is 11.6 Å². The third-order valence-corrected chi connectivity index (χ3v) is 4.44. The summed E-state index contributed by atoms with van der Waals surface area (Å²) in [6, 6.07) is 8.85. The summed E-state index contributed by atoms with van der Waals surface area (Å²) in [5, 5.41) is 3.45. The molecule has 1 unspecified atom stereocenters. The van der Waals surface area contributed by atoms with Crippen LogP contribution < -0.4 is 20.3 Å². The van der Waals surface area contributed by atoms with Crippen molar-refractivity contribution >= 4 is 35.1 Å². The number of rotatable bonds is 4. The van der Waals surface area contributed by atoms with Crippen LogP contribution in [0, 0.1) is 0 Å². The van der Waals surface area contributed by atoms with Gasteiger partial charge < -0.3 is 10.1 Å². The van der Waals surface area contributed by atoms with Crippen molar-refractivity contribution in [3.05, 3.63) is 59.1 Å². The van der Waals surface area contributed by atoms with Crippen molar-refractivity contribution in [1.29, 1.82) is 0 Å². The molecule has 1 heterocycles. The maximum absolute atomic E-state index is 13.9. The van der Waals surface area contributed by atoms with Crippen LogP contribution in [0.1, 0.15) is 10.4 Å². The number of anilines is 1. The number of nitrogens with zero attached hydrogens (tertiary/aromatic N) is 1. The number of alkyl halides is 3. The monoisotopic (exact) mass is 427 g/mol. The van der Waals surface area contributed by atoms with Crippen LogP contribution in [-0.2, 0) is 4.79 Å². The number of halogens is 4. The molecule has 0 bridgehead atoms. The van der Waals surface area contributed by atoms with Gasteiger partial charge in [0, 0.05) is 10.6 Å². The third-order valence-electron chi connectivity index (χ3n) is 4.18. The van der Waals surface area contributed by atoms with E-state index in [1.54, 1.807) is 10.6 Å². The lowest BCUT2D eigenvalue weighted by Gasteiger charge is -2.29. The number of carbonyl (C=O) groups excluding carboxylic acids is 3. The molecule has 29 heavy (non-hydrogen) atoms. The summed E-state index contributed by atoms with van der Waals surface area (Å²) < 4.78 is 46.5. The summed E-state index contributed by atoms with van der Waals surface area (Å²) in [4.78, 5) is 37.6. The average molecular weight is 428 g/mol. The van der Waals surface area contributed by atoms with E-state index in [1.165, 1.54) is 55.6 Å². The van der Waals surface area contributed by atoms with Crippen molar-refractivity contribution in [2.75, 3.05) is 12.0 Å². The van der Waals surface area contributed by atoms with Gasteiger partial charge in [0.15, 0.2) is 0 Å². The smallest absolute Gasteiger partial charge is 0.440 e. The van der Waals surface area contributed by atoms with Gasteiger partial charge in [-0.15, -0.1) is 0 Å². The topological polar surface area (TPSA) is 87.7 Å². The van der Waals surface area contributed by atoms with Crippen LogP contribution >= 0.6 is 11.6 Å². The van der Waals surface area contributed by atoms with E-state index in [-0.39, 0.29) is 16.3 Å². The van der Waals surface area contributed by atoms with Crippen molar-refractivity contribution < 1.29 is 32.3 Å². The van der Waals surface area contributed by atoms with E-state index in [4.69, 9.17) is 16.3 Å². The summed E-state index contributed by atoms with van der Waals surface area (Å²) in [6.45, 7) is 0. The van der Waals surface area contributed by atoms with Crippen molar-refractivity contribution in [1.82, 2.24) is 10.6 Å². The van der Waals surface area contributed by atoms with Gasteiger partial charge in [-0.2, -0.15) is 13.2 Å². The van der Waals surface area contributed by atoms with Crippen LogP contribution in [0.25, 0.3) is 0 Å². The Kier molecular flexibility index (Phi) is 5.14. The zero-order valence-electron chi connectivity index (χ0n) is 14.7. The molecule has 0 saturated carbocycles. The molecule has 2 aromatic rings. The molecule has 0 radical (unpaired) electrons. The van der Waals surface area contributed by atoms with E-state index in [0.717, 1.165) is 0 Å². The Balaban J connectivity index is 1.97. The lowest BCUT2D eigenvalue weighted by molar-refractivity contribution is -0.197. The van der Waals surface area contributed by atoms with E-state index >= 15 is 0 Å². The molecule has 1 atom stereocenters. The first-order chi connectivity index (χ1) is 13.6. The Morgan fingerprint density at radius 3 is 2.21 bits per heavy atom. The summed E-state index contributed by atoms with van der Waals surface area (Å²) in [7, 11) is 1.38. The zero-order chi connectivity index (χ0) is 21.4. The molecule has 4 amide bonds. The number of hydrogen-bond donors (Lipinski definition) is 2. The highest BCUT2D eigenvalue weighted by Crippen LogP contribution is 2.36. The second-order valence-electron chi connectivity index (χ2n) is 5.98. The first-order valence-electron chi connectivity index (χ1n) is 8.04. The number of nitrogens with one attached hydrogen (secondary N) is 2. The van der Waals surface area contributed by atoms with Crippen LogP contribution in [0.4, 0.5) is 23.7 Å². The molecule has 1 aliphatic rings. The second-order valence-corrected chi connectivity index (χ2v) is 6.41. The molecule has 7 nitrogen and oxygen atoms in total. The van der Waals surface area contributed by atoms with Crippen molar-refractivity contribution in [3.63, 3.8) is 0 Å². The predicted molar refractivity (Wildman–Crippen MR) is 96.7 cm³/mol. The number of benzene rings is 2. The minimum absolute atomic E-state index is 0.125. The lowest BCUT2D eigenvalue weighted by atomic mass is 10.1. The molecular formula is C18H13ClF3N3O4. The first-order valence-corrected chi connectivity index (χ1v) is 8.42. The van der Waals surface area contributed by atoms with Gasteiger partial charge >= 0.3 is 12.2 Å². The summed E-state index contributed by atoms with van der Waals surface area (Å²) in [5.41, 5.74) is -3.93. The van der Waals surface area contributed by atoms with E-state index in [1.807, 2.05) is 0 Å². The largest absolute Gasteiger partial charge is 0.497 e. The van der Waals surface area contributed by atoms with Gasteiger partial charge in [0.1, 0.15) is 5.75 Å². The Bertz CT molecular complexity index is 964. The fourth-order valence-electron chi connectivity index (χ4n) is 2.69. The first kappa shape index (κ1) is 20.5. The Morgan fingerprint density at radius 2 is 1.69 bits per heavy atom. The van der Waals surface area contributed by atoms with Crippen molar-refractivity contribution in [2.24, 2.45) is 0 Å². The van der Waals surface area contributed by atoms with Gasteiger partial charge in [0.25, 0.3) is 17.5 Å².